The first-order valence-corrected chi connectivity index (χ1v) is 10.3. The van der Waals surface area contributed by atoms with Gasteiger partial charge in [-0.25, -0.2) is 0 Å². The Hall–Kier alpha value is -4.08. The van der Waals surface area contributed by atoms with Gasteiger partial charge in [0.2, 0.25) is 5.91 Å². The number of halogens is 3. The van der Waals surface area contributed by atoms with Gasteiger partial charge in [0.25, 0.3) is 11.8 Å². The van der Waals surface area contributed by atoms with Gasteiger partial charge in [-0.2, -0.15) is 13.2 Å². The number of carbonyl (C=O) groups excluding carboxylic acids is 3. The molecule has 0 saturated heterocycles. The van der Waals surface area contributed by atoms with Crippen LogP contribution in [0.15, 0.2) is 71.3 Å². The minimum absolute atomic E-state index is 0.0187. The molecule has 1 atom stereocenters. The number of amides is 3. The Morgan fingerprint density at radius 1 is 0.853 bits per heavy atom. The molecule has 34 heavy (non-hydrogen) atoms. The molecule has 0 bridgehead atoms. The van der Waals surface area contributed by atoms with E-state index >= 15 is 0 Å². The highest BCUT2D eigenvalue weighted by molar-refractivity contribution is 6.06. The lowest BCUT2D eigenvalue weighted by Crippen LogP contribution is -2.47. The second-order valence-electron chi connectivity index (χ2n) is 7.78. The van der Waals surface area contributed by atoms with Crippen LogP contribution >= 0.6 is 0 Å². The van der Waals surface area contributed by atoms with Crippen molar-refractivity contribution in [3.63, 3.8) is 0 Å². The molecule has 3 N–H and O–H groups in total. The fourth-order valence-electron chi connectivity index (χ4n) is 3.09. The number of carbonyl (C=O) groups is 3. The molecule has 178 valence electrons. The van der Waals surface area contributed by atoms with Crippen molar-refractivity contribution in [2.24, 2.45) is 5.92 Å². The largest absolute Gasteiger partial charge is 0.459 e. The Labute approximate surface area is 193 Å². The van der Waals surface area contributed by atoms with E-state index in [1.165, 1.54) is 42.7 Å². The van der Waals surface area contributed by atoms with Crippen LogP contribution in [-0.2, 0) is 11.0 Å². The SMILES string of the molecule is CC(C)[C@@H](NC(=O)c1ccco1)C(=O)Nc1cccc(C(=O)Nc2cccc(C(F)(F)F)c2)c1. The molecule has 1 heterocycles. The molecule has 0 aliphatic carbocycles. The molecule has 3 rings (SSSR count). The molecule has 0 aliphatic heterocycles. The predicted molar refractivity (Wildman–Crippen MR) is 119 cm³/mol. The second kappa shape index (κ2) is 10.2. The number of rotatable bonds is 7. The van der Waals surface area contributed by atoms with Gasteiger partial charge in [-0.1, -0.05) is 26.0 Å². The number of anilines is 2. The Kier molecular flexibility index (Phi) is 7.40. The van der Waals surface area contributed by atoms with Crippen molar-refractivity contribution in [3.8, 4) is 0 Å². The monoisotopic (exact) mass is 473 g/mol. The summed E-state index contributed by atoms with van der Waals surface area (Å²) in [4.78, 5) is 37.6. The third-order valence-corrected chi connectivity index (χ3v) is 4.82. The van der Waals surface area contributed by atoms with E-state index in [0.29, 0.717) is 0 Å². The lowest BCUT2D eigenvalue weighted by molar-refractivity contribution is -0.137. The fourth-order valence-corrected chi connectivity index (χ4v) is 3.09. The smallest absolute Gasteiger partial charge is 0.416 e. The molecule has 3 aromatic rings. The summed E-state index contributed by atoms with van der Waals surface area (Å²) in [5, 5.41) is 7.67. The molecule has 0 radical (unpaired) electrons. The van der Waals surface area contributed by atoms with E-state index in [1.54, 1.807) is 26.0 Å². The highest BCUT2D eigenvalue weighted by atomic mass is 19.4. The lowest BCUT2D eigenvalue weighted by atomic mass is 10.0. The van der Waals surface area contributed by atoms with Gasteiger partial charge in [0.05, 0.1) is 11.8 Å². The Balaban J connectivity index is 1.70. The van der Waals surface area contributed by atoms with Gasteiger partial charge in [0, 0.05) is 16.9 Å². The fraction of sp³-hybridized carbons (Fsp3) is 0.208. The normalized spacial score (nSPS) is 12.2. The van der Waals surface area contributed by atoms with E-state index in [2.05, 4.69) is 16.0 Å². The zero-order valence-electron chi connectivity index (χ0n) is 18.3. The first-order chi connectivity index (χ1) is 16.0. The highest BCUT2D eigenvalue weighted by Crippen LogP contribution is 2.30. The van der Waals surface area contributed by atoms with E-state index in [9.17, 15) is 27.6 Å². The van der Waals surface area contributed by atoms with E-state index in [1.807, 2.05) is 0 Å². The van der Waals surface area contributed by atoms with Gasteiger partial charge >= 0.3 is 6.18 Å². The second-order valence-corrected chi connectivity index (χ2v) is 7.78. The van der Waals surface area contributed by atoms with Crippen LogP contribution in [0.1, 0.15) is 40.3 Å². The highest BCUT2D eigenvalue weighted by Gasteiger charge is 2.30. The summed E-state index contributed by atoms with van der Waals surface area (Å²) in [6, 6.07) is 12.3. The molecule has 2 aromatic carbocycles. The minimum Gasteiger partial charge on any atom is -0.459 e. The van der Waals surface area contributed by atoms with Crippen LogP contribution in [0.5, 0.6) is 0 Å². The van der Waals surface area contributed by atoms with Gasteiger partial charge in [0.15, 0.2) is 5.76 Å². The molecule has 7 nitrogen and oxygen atoms in total. The molecule has 10 heteroatoms. The molecule has 0 saturated carbocycles. The van der Waals surface area contributed by atoms with Crippen LogP contribution in [0.25, 0.3) is 0 Å². The van der Waals surface area contributed by atoms with Gasteiger partial charge < -0.3 is 20.4 Å². The number of alkyl halides is 3. The van der Waals surface area contributed by atoms with Crippen molar-refractivity contribution in [1.82, 2.24) is 5.32 Å². The van der Waals surface area contributed by atoms with Crippen molar-refractivity contribution in [2.75, 3.05) is 10.6 Å². The summed E-state index contributed by atoms with van der Waals surface area (Å²) in [5.74, 6) is -1.90. The maximum absolute atomic E-state index is 12.9. The van der Waals surface area contributed by atoms with Gasteiger partial charge in [0.1, 0.15) is 6.04 Å². The number of hydrogen-bond donors (Lipinski definition) is 3. The summed E-state index contributed by atoms with van der Waals surface area (Å²) in [6.07, 6.45) is -3.19. The van der Waals surface area contributed by atoms with Crippen molar-refractivity contribution in [3.05, 3.63) is 83.8 Å². The zero-order chi connectivity index (χ0) is 24.9. The summed E-state index contributed by atoms with van der Waals surface area (Å²) in [7, 11) is 0. The maximum atomic E-state index is 12.9. The van der Waals surface area contributed by atoms with E-state index in [0.717, 1.165) is 12.1 Å². The van der Waals surface area contributed by atoms with Crippen molar-refractivity contribution < 1.29 is 32.0 Å². The molecular formula is C24H22F3N3O4. The third kappa shape index (κ3) is 6.25. The Morgan fingerprint density at radius 2 is 1.53 bits per heavy atom. The minimum atomic E-state index is -4.54. The van der Waals surface area contributed by atoms with E-state index in [4.69, 9.17) is 4.42 Å². The zero-order valence-corrected chi connectivity index (χ0v) is 18.3. The Bertz CT molecular complexity index is 1170. The Morgan fingerprint density at radius 3 is 2.15 bits per heavy atom. The number of nitrogens with one attached hydrogen (secondary N) is 3. The summed E-state index contributed by atoms with van der Waals surface area (Å²) < 4.78 is 43.7. The summed E-state index contributed by atoms with van der Waals surface area (Å²) >= 11 is 0. The average Bonchev–Trinajstić information content (AvgIpc) is 3.32. The lowest BCUT2D eigenvalue weighted by Gasteiger charge is -2.21. The molecule has 0 fully saturated rings. The van der Waals surface area contributed by atoms with Gasteiger partial charge in [-0.3, -0.25) is 14.4 Å². The number of furan rings is 1. The molecule has 3 amide bonds. The molecule has 0 spiro atoms. The van der Waals surface area contributed by atoms with Crippen LogP contribution in [0.3, 0.4) is 0 Å². The van der Waals surface area contributed by atoms with E-state index in [-0.39, 0.29) is 28.6 Å². The summed E-state index contributed by atoms with van der Waals surface area (Å²) in [6.45, 7) is 3.51. The van der Waals surface area contributed by atoms with E-state index < -0.39 is 35.5 Å². The topological polar surface area (TPSA) is 100 Å². The summed E-state index contributed by atoms with van der Waals surface area (Å²) in [5.41, 5.74) is -0.507. The van der Waals surface area contributed by atoms with Crippen molar-refractivity contribution in [1.29, 1.82) is 0 Å². The third-order valence-electron chi connectivity index (χ3n) is 4.82. The standard InChI is InChI=1S/C24H22F3N3O4/c1-14(2)20(30-22(32)19-10-5-11-34-19)23(33)29-17-8-3-6-15(12-17)21(31)28-18-9-4-7-16(13-18)24(25,26)27/h3-14,20H,1-2H3,(H,28,31)(H,29,33)(H,30,32)/t20-/m1/s1. The number of hydrogen-bond acceptors (Lipinski definition) is 4. The average molecular weight is 473 g/mol. The van der Waals surface area contributed by atoms with Crippen LogP contribution in [0.2, 0.25) is 0 Å². The maximum Gasteiger partial charge on any atom is 0.416 e. The molecular weight excluding hydrogens is 451 g/mol. The van der Waals surface area contributed by atoms with Gasteiger partial charge in [-0.05, 0) is 54.4 Å². The predicted octanol–water partition coefficient (Wildman–Crippen LogP) is 4.94. The van der Waals surface area contributed by atoms with Crippen molar-refractivity contribution >= 4 is 29.1 Å². The quantitative estimate of drug-likeness (QED) is 0.452. The first-order valence-electron chi connectivity index (χ1n) is 10.3. The van der Waals surface area contributed by atoms with Crippen LogP contribution < -0.4 is 16.0 Å². The van der Waals surface area contributed by atoms with Crippen LogP contribution in [0.4, 0.5) is 24.5 Å². The number of benzene rings is 2. The van der Waals surface area contributed by atoms with Crippen molar-refractivity contribution in [2.45, 2.75) is 26.1 Å². The molecule has 1 aromatic heterocycles. The van der Waals surface area contributed by atoms with Crippen LogP contribution in [-0.4, -0.2) is 23.8 Å². The molecule has 0 unspecified atom stereocenters. The van der Waals surface area contributed by atoms with Crippen LogP contribution in [0, 0.1) is 5.92 Å². The first kappa shape index (κ1) is 24.6. The molecule has 0 aliphatic rings. The van der Waals surface area contributed by atoms with Gasteiger partial charge in [-0.15, -0.1) is 0 Å².